The van der Waals surface area contributed by atoms with Gasteiger partial charge in [-0.1, -0.05) is 67.6 Å². The van der Waals surface area contributed by atoms with Gasteiger partial charge in [-0.15, -0.1) is 0 Å². The summed E-state index contributed by atoms with van der Waals surface area (Å²) in [5.41, 5.74) is 2.79. The van der Waals surface area contributed by atoms with Crippen LogP contribution in [0, 0.1) is 0 Å². The van der Waals surface area contributed by atoms with Gasteiger partial charge in [-0.05, 0) is 31.1 Å². The van der Waals surface area contributed by atoms with Gasteiger partial charge in [0, 0.05) is 6.04 Å². The zero-order chi connectivity index (χ0) is 12.8. The molecule has 0 aromatic heterocycles. The summed E-state index contributed by atoms with van der Waals surface area (Å²) < 4.78 is 0. The summed E-state index contributed by atoms with van der Waals surface area (Å²) >= 11 is 0. The van der Waals surface area contributed by atoms with Crippen LogP contribution < -0.4 is 0 Å². The molecule has 0 fully saturated rings. The lowest BCUT2D eigenvalue weighted by atomic mass is 9.98. The molecule has 1 nitrogen and oxygen atoms in total. The topological polar surface area (TPSA) is 3.24 Å². The van der Waals surface area contributed by atoms with Crippen LogP contribution in [0.4, 0.5) is 0 Å². The standard InChI is InChI=1S/C17H21N/c1-3-18(2)17(16-12-8-5-9-13-16)14-15-10-6-4-7-11-15/h4-13,17H,3,14H2,1-2H3. The van der Waals surface area contributed by atoms with Crippen LogP contribution in [-0.2, 0) is 6.42 Å². The lowest BCUT2D eigenvalue weighted by molar-refractivity contribution is 0.256. The average Bonchev–Trinajstić information content (AvgIpc) is 2.46. The predicted octanol–water partition coefficient (Wildman–Crippen LogP) is 3.92. The molecule has 0 aliphatic heterocycles. The van der Waals surface area contributed by atoms with Gasteiger partial charge in [0.1, 0.15) is 0 Å². The van der Waals surface area contributed by atoms with Gasteiger partial charge >= 0.3 is 0 Å². The molecule has 0 bridgehead atoms. The Hall–Kier alpha value is -1.60. The summed E-state index contributed by atoms with van der Waals surface area (Å²) in [6.45, 7) is 3.27. The maximum Gasteiger partial charge on any atom is 0.0385 e. The SMILES string of the molecule is CCN(C)C(Cc1ccccc1)c1ccccc1. The number of hydrogen-bond acceptors (Lipinski definition) is 1. The van der Waals surface area contributed by atoms with E-state index in [9.17, 15) is 0 Å². The minimum Gasteiger partial charge on any atom is -0.299 e. The summed E-state index contributed by atoms with van der Waals surface area (Å²) in [5, 5.41) is 0. The summed E-state index contributed by atoms with van der Waals surface area (Å²) in [5.74, 6) is 0. The van der Waals surface area contributed by atoms with Gasteiger partial charge in [0.05, 0.1) is 0 Å². The van der Waals surface area contributed by atoms with E-state index in [2.05, 4.69) is 79.5 Å². The summed E-state index contributed by atoms with van der Waals surface area (Å²) in [4.78, 5) is 2.41. The largest absolute Gasteiger partial charge is 0.299 e. The first-order valence-electron chi connectivity index (χ1n) is 6.60. The van der Waals surface area contributed by atoms with E-state index in [-0.39, 0.29) is 0 Å². The zero-order valence-corrected chi connectivity index (χ0v) is 11.2. The Bertz CT molecular complexity index is 450. The van der Waals surface area contributed by atoms with Crippen LogP contribution in [0.5, 0.6) is 0 Å². The van der Waals surface area contributed by atoms with E-state index in [4.69, 9.17) is 0 Å². The van der Waals surface area contributed by atoms with Crippen molar-refractivity contribution in [1.29, 1.82) is 0 Å². The van der Waals surface area contributed by atoms with E-state index in [0.29, 0.717) is 6.04 Å². The summed E-state index contributed by atoms with van der Waals surface area (Å²) in [6.07, 6.45) is 1.06. The molecule has 0 aliphatic rings. The minimum atomic E-state index is 0.457. The molecule has 0 radical (unpaired) electrons. The Kier molecular flexibility index (Phi) is 4.54. The number of benzene rings is 2. The van der Waals surface area contributed by atoms with E-state index in [1.165, 1.54) is 11.1 Å². The molecule has 0 aliphatic carbocycles. The normalized spacial score (nSPS) is 12.6. The molecular formula is C17H21N. The van der Waals surface area contributed by atoms with Crippen molar-refractivity contribution < 1.29 is 0 Å². The van der Waals surface area contributed by atoms with Crippen molar-refractivity contribution in [3.05, 3.63) is 71.8 Å². The smallest absolute Gasteiger partial charge is 0.0385 e. The molecule has 0 saturated carbocycles. The maximum atomic E-state index is 2.41. The summed E-state index contributed by atoms with van der Waals surface area (Å²) in [6, 6.07) is 21.9. The van der Waals surface area contributed by atoms with Gasteiger partial charge in [0.2, 0.25) is 0 Å². The molecule has 2 rings (SSSR count). The van der Waals surface area contributed by atoms with Crippen molar-refractivity contribution in [2.45, 2.75) is 19.4 Å². The molecule has 1 heteroatoms. The molecule has 18 heavy (non-hydrogen) atoms. The van der Waals surface area contributed by atoms with Crippen molar-refractivity contribution in [2.75, 3.05) is 13.6 Å². The zero-order valence-electron chi connectivity index (χ0n) is 11.2. The van der Waals surface area contributed by atoms with Gasteiger partial charge in [0.15, 0.2) is 0 Å². The third-order valence-electron chi connectivity index (χ3n) is 3.49. The Morgan fingerprint density at radius 3 is 2.00 bits per heavy atom. The van der Waals surface area contributed by atoms with Crippen molar-refractivity contribution in [2.24, 2.45) is 0 Å². The quantitative estimate of drug-likeness (QED) is 0.764. The highest BCUT2D eigenvalue weighted by molar-refractivity contribution is 5.23. The Labute approximate surface area is 110 Å². The monoisotopic (exact) mass is 239 g/mol. The number of hydrogen-bond donors (Lipinski definition) is 0. The second-order valence-corrected chi connectivity index (χ2v) is 4.69. The molecule has 94 valence electrons. The van der Waals surface area contributed by atoms with Crippen LogP contribution in [0.1, 0.15) is 24.1 Å². The minimum absolute atomic E-state index is 0.457. The molecule has 0 N–H and O–H groups in total. The van der Waals surface area contributed by atoms with Crippen LogP contribution in [0.3, 0.4) is 0 Å². The maximum absolute atomic E-state index is 2.41. The van der Waals surface area contributed by atoms with Gasteiger partial charge in [-0.25, -0.2) is 0 Å². The molecular weight excluding hydrogens is 218 g/mol. The van der Waals surface area contributed by atoms with Gasteiger partial charge in [-0.3, -0.25) is 4.90 Å². The molecule has 0 heterocycles. The van der Waals surface area contributed by atoms with Crippen molar-refractivity contribution >= 4 is 0 Å². The Balaban J connectivity index is 2.21. The highest BCUT2D eigenvalue weighted by atomic mass is 15.1. The van der Waals surface area contributed by atoms with Crippen molar-refractivity contribution in [1.82, 2.24) is 4.90 Å². The molecule has 0 saturated heterocycles. The highest BCUT2D eigenvalue weighted by Gasteiger charge is 2.15. The van der Waals surface area contributed by atoms with E-state index in [1.54, 1.807) is 0 Å². The van der Waals surface area contributed by atoms with Gasteiger partial charge in [-0.2, -0.15) is 0 Å². The first kappa shape index (κ1) is 12.8. The third kappa shape index (κ3) is 3.21. The number of likely N-dealkylation sites (N-methyl/N-ethyl adjacent to an activating group) is 1. The van der Waals surface area contributed by atoms with Crippen molar-refractivity contribution in [3.63, 3.8) is 0 Å². The lowest BCUT2D eigenvalue weighted by Crippen LogP contribution is -2.26. The van der Waals surface area contributed by atoms with E-state index in [0.717, 1.165) is 13.0 Å². The first-order chi connectivity index (χ1) is 8.81. The fourth-order valence-electron chi connectivity index (χ4n) is 2.26. The average molecular weight is 239 g/mol. The first-order valence-corrected chi connectivity index (χ1v) is 6.60. The fourth-order valence-corrected chi connectivity index (χ4v) is 2.26. The van der Waals surface area contributed by atoms with E-state index >= 15 is 0 Å². The predicted molar refractivity (Wildman–Crippen MR) is 77.6 cm³/mol. The molecule has 0 amide bonds. The molecule has 0 spiro atoms. The number of nitrogens with zero attached hydrogens (tertiary/aromatic N) is 1. The molecule has 2 aromatic rings. The van der Waals surface area contributed by atoms with Crippen LogP contribution in [0.25, 0.3) is 0 Å². The third-order valence-corrected chi connectivity index (χ3v) is 3.49. The van der Waals surface area contributed by atoms with Crippen LogP contribution in [0.2, 0.25) is 0 Å². The van der Waals surface area contributed by atoms with Crippen molar-refractivity contribution in [3.8, 4) is 0 Å². The second kappa shape index (κ2) is 6.36. The number of rotatable bonds is 5. The fraction of sp³-hybridized carbons (Fsp3) is 0.294. The second-order valence-electron chi connectivity index (χ2n) is 4.69. The van der Waals surface area contributed by atoms with E-state index in [1.807, 2.05) is 0 Å². The lowest BCUT2D eigenvalue weighted by Gasteiger charge is -2.27. The molecule has 2 aromatic carbocycles. The van der Waals surface area contributed by atoms with Crippen LogP contribution in [0.15, 0.2) is 60.7 Å². The summed E-state index contributed by atoms with van der Waals surface area (Å²) in [7, 11) is 2.20. The Morgan fingerprint density at radius 2 is 1.44 bits per heavy atom. The highest BCUT2D eigenvalue weighted by Crippen LogP contribution is 2.23. The van der Waals surface area contributed by atoms with Crippen LogP contribution >= 0.6 is 0 Å². The van der Waals surface area contributed by atoms with E-state index < -0.39 is 0 Å². The molecule has 1 unspecified atom stereocenters. The molecule has 1 atom stereocenters. The van der Waals surface area contributed by atoms with Crippen LogP contribution in [-0.4, -0.2) is 18.5 Å². The van der Waals surface area contributed by atoms with Gasteiger partial charge in [0.25, 0.3) is 0 Å². The van der Waals surface area contributed by atoms with Gasteiger partial charge < -0.3 is 0 Å². The Morgan fingerprint density at radius 1 is 0.889 bits per heavy atom.